The molecular weight excluding hydrogens is 316 g/mol. The van der Waals surface area contributed by atoms with Crippen molar-refractivity contribution in [2.24, 2.45) is 18.9 Å². The number of hydrogen-bond acceptors (Lipinski definition) is 4. The quantitative estimate of drug-likeness (QED) is 0.810. The van der Waals surface area contributed by atoms with Crippen LogP contribution in [0.1, 0.15) is 35.2 Å². The van der Waals surface area contributed by atoms with Crippen molar-refractivity contribution >= 4 is 5.91 Å². The minimum absolute atomic E-state index is 0.0647. The summed E-state index contributed by atoms with van der Waals surface area (Å²) in [5.41, 5.74) is 1.88. The van der Waals surface area contributed by atoms with Gasteiger partial charge < -0.3 is 9.64 Å². The van der Waals surface area contributed by atoms with Gasteiger partial charge in [0.2, 0.25) is 5.88 Å². The summed E-state index contributed by atoms with van der Waals surface area (Å²) in [7, 11) is 1.93. The maximum absolute atomic E-state index is 12.7. The molecule has 2 aromatic rings. The van der Waals surface area contributed by atoms with Crippen LogP contribution in [-0.4, -0.2) is 45.3 Å². The number of carbonyl (C=O) groups excluding carboxylic acids is 1. The number of rotatable bonds is 6. The van der Waals surface area contributed by atoms with E-state index in [0.29, 0.717) is 23.3 Å². The Labute approximate surface area is 147 Å². The SMILES string of the molecule is Cn1cc(C[C@@H]2CCN(C(=O)c3ccc(OCC4CC4)nc3)C2)cn1. The van der Waals surface area contributed by atoms with Gasteiger partial charge in [0.1, 0.15) is 0 Å². The third-order valence-corrected chi connectivity index (χ3v) is 5.00. The summed E-state index contributed by atoms with van der Waals surface area (Å²) in [6, 6.07) is 3.63. The summed E-state index contributed by atoms with van der Waals surface area (Å²) < 4.78 is 7.46. The van der Waals surface area contributed by atoms with E-state index in [-0.39, 0.29) is 5.91 Å². The molecule has 1 saturated heterocycles. The van der Waals surface area contributed by atoms with E-state index >= 15 is 0 Å². The molecule has 2 aliphatic rings. The van der Waals surface area contributed by atoms with Crippen molar-refractivity contribution < 1.29 is 9.53 Å². The Kier molecular flexibility index (Phi) is 4.42. The molecule has 0 unspecified atom stereocenters. The summed E-state index contributed by atoms with van der Waals surface area (Å²) in [4.78, 5) is 18.9. The molecule has 3 heterocycles. The van der Waals surface area contributed by atoms with Crippen LogP contribution in [0.2, 0.25) is 0 Å². The monoisotopic (exact) mass is 340 g/mol. The van der Waals surface area contributed by atoms with E-state index < -0.39 is 0 Å². The van der Waals surface area contributed by atoms with Crippen molar-refractivity contribution in [3.63, 3.8) is 0 Å². The van der Waals surface area contributed by atoms with E-state index in [4.69, 9.17) is 4.74 Å². The van der Waals surface area contributed by atoms with Gasteiger partial charge in [-0.3, -0.25) is 9.48 Å². The first-order valence-corrected chi connectivity index (χ1v) is 9.03. The highest BCUT2D eigenvalue weighted by Gasteiger charge is 2.27. The van der Waals surface area contributed by atoms with E-state index in [1.807, 2.05) is 28.9 Å². The van der Waals surface area contributed by atoms with Crippen molar-refractivity contribution in [1.82, 2.24) is 19.7 Å². The second-order valence-corrected chi connectivity index (χ2v) is 7.27. The molecule has 0 bridgehead atoms. The molecule has 1 aliphatic carbocycles. The molecule has 1 amide bonds. The van der Waals surface area contributed by atoms with Crippen molar-refractivity contribution in [2.45, 2.75) is 25.7 Å². The van der Waals surface area contributed by atoms with Gasteiger partial charge >= 0.3 is 0 Å². The van der Waals surface area contributed by atoms with Crippen molar-refractivity contribution in [2.75, 3.05) is 19.7 Å². The fraction of sp³-hybridized carbons (Fsp3) is 0.526. The van der Waals surface area contributed by atoms with Gasteiger partial charge in [-0.2, -0.15) is 5.10 Å². The third kappa shape index (κ3) is 4.00. The first-order chi connectivity index (χ1) is 12.2. The Morgan fingerprint density at radius 2 is 2.12 bits per heavy atom. The fourth-order valence-corrected chi connectivity index (χ4v) is 3.36. The highest BCUT2D eigenvalue weighted by molar-refractivity contribution is 5.94. The van der Waals surface area contributed by atoms with Gasteiger partial charge in [0.25, 0.3) is 5.91 Å². The fourth-order valence-electron chi connectivity index (χ4n) is 3.36. The Hall–Kier alpha value is -2.37. The average Bonchev–Trinajstić information content (AvgIpc) is 3.19. The van der Waals surface area contributed by atoms with Gasteiger partial charge in [-0.05, 0) is 49.1 Å². The Morgan fingerprint density at radius 1 is 1.24 bits per heavy atom. The molecule has 132 valence electrons. The standard InChI is InChI=1S/C19H24N4O2/c1-22-11-16(9-21-22)8-15-6-7-23(12-15)19(24)17-4-5-18(20-10-17)25-13-14-2-3-14/h4-5,9-11,14-15H,2-3,6-8,12-13H2,1H3/t15-/m0/s1. The highest BCUT2D eigenvalue weighted by Crippen LogP contribution is 2.29. The predicted molar refractivity (Wildman–Crippen MR) is 93.4 cm³/mol. The minimum Gasteiger partial charge on any atom is -0.477 e. The average molecular weight is 340 g/mol. The second kappa shape index (κ2) is 6.86. The molecule has 6 heteroatoms. The maximum atomic E-state index is 12.7. The number of amides is 1. The molecule has 6 nitrogen and oxygen atoms in total. The van der Waals surface area contributed by atoms with Gasteiger partial charge in [-0.25, -0.2) is 4.98 Å². The Morgan fingerprint density at radius 3 is 2.80 bits per heavy atom. The van der Waals surface area contributed by atoms with E-state index in [0.717, 1.165) is 32.5 Å². The zero-order chi connectivity index (χ0) is 17.2. The minimum atomic E-state index is 0.0647. The van der Waals surface area contributed by atoms with E-state index in [1.54, 1.807) is 12.3 Å². The van der Waals surface area contributed by atoms with Crippen LogP contribution < -0.4 is 4.74 Å². The number of nitrogens with zero attached hydrogens (tertiary/aromatic N) is 4. The van der Waals surface area contributed by atoms with Crippen molar-refractivity contribution in [3.8, 4) is 5.88 Å². The summed E-state index contributed by atoms with van der Waals surface area (Å²) in [6.45, 7) is 2.35. The smallest absolute Gasteiger partial charge is 0.255 e. The lowest BCUT2D eigenvalue weighted by Crippen LogP contribution is -2.29. The van der Waals surface area contributed by atoms with Crippen LogP contribution in [0, 0.1) is 11.8 Å². The molecule has 0 N–H and O–H groups in total. The molecule has 1 aliphatic heterocycles. The lowest BCUT2D eigenvalue weighted by Gasteiger charge is -2.16. The first-order valence-electron chi connectivity index (χ1n) is 9.03. The summed E-state index contributed by atoms with van der Waals surface area (Å²) in [6.07, 6.45) is 10.1. The number of pyridine rings is 1. The molecule has 2 fully saturated rings. The van der Waals surface area contributed by atoms with Crippen molar-refractivity contribution in [1.29, 1.82) is 0 Å². The van der Waals surface area contributed by atoms with Crippen LogP contribution in [0.5, 0.6) is 5.88 Å². The topological polar surface area (TPSA) is 60.2 Å². The molecule has 25 heavy (non-hydrogen) atoms. The summed E-state index contributed by atoms with van der Waals surface area (Å²) in [5.74, 6) is 1.88. The highest BCUT2D eigenvalue weighted by atomic mass is 16.5. The molecule has 4 rings (SSSR count). The van der Waals surface area contributed by atoms with Crippen LogP contribution in [0.3, 0.4) is 0 Å². The van der Waals surface area contributed by atoms with Crippen LogP contribution in [0.4, 0.5) is 0 Å². The molecule has 2 aromatic heterocycles. The van der Waals surface area contributed by atoms with Gasteiger partial charge in [0.15, 0.2) is 0 Å². The molecule has 0 radical (unpaired) electrons. The van der Waals surface area contributed by atoms with Gasteiger partial charge in [0.05, 0.1) is 18.4 Å². The number of aryl methyl sites for hydroxylation is 1. The molecule has 0 aromatic carbocycles. The second-order valence-electron chi connectivity index (χ2n) is 7.27. The zero-order valence-electron chi connectivity index (χ0n) is 14.6. The van der Waals surface area contributed by atoms with E-state index in [9.17, 15) is 4.79 Å². The van der Waals surface area contributed by atoms with E-state index in [2.05, 4.69) is 16.3 Å². The third-order valence-electron chi connectivity index (χ3n) is 5.00. The summed E-state index contributed by atoms with van der Waals surface area (Å²) >= 11 is 0. The maximum Gasteiger partial charge on any atom is 0.255 e. The number of aromatic nitrogens is 3. The Balaban J connectivity index is 1.31. The van der Waals surface area contributed by atoms with Gasteiger partial charge in [-0.15, -0.1) is 0 Å². The largest absolute Gasteiger partial charge is 0.477 e. The number of likely N-dealkylation sites (tertiary alicyclic amines) is 1. The Bertz CT molecular complexity index is 736. The van der Waals surface area contributed by atoms with Gasteiger partial charge in [0, 0.05) is 38.6 Å². The van der Waals surface area contributed by atoms with Crippen LogP contribution >= 0.6 is 0 Å². The predicted octanol–water partition coefficient (Wildman–Crippen LogP) is 2.31. The molecule has 0 spiro atoms. The summed E-state index contributed by atoms with van der Waals surface area (Å²) in [5, 5.41) is 4.21. The normalized spacial score (nSPS) is 20.0. The zero-order valence-corrected chi connectivity index (χ0v) is 14.6. The number of hydrogen-bond donors (Lipinski definition) is 0. The lowest BCUT2D eigenvalue weighted by molar-refractivity contribution is 0.0786. The van der Waals surface area contributed by atoms with Gasteiger partial charge in [-0.1, -0.05) is 0 Å². The van der Waals surface area contributed by atoms with Crippen molar-refractivity contribution in [3.05, 3.63) is 41.9 Å². The van der Waals surface area contributed by atoms with Crippen LogP contribution in [-0.2, 0) is 13.5 Å². The number of carbonyl (C=O) groups is 1. The number of ether oxygens (including phenoxy) is 1. The molecule has 1 saturated carbocycles. The molecule has 1 atom stereocenters. The first kappa shape index (κ1) is 16.1. The van der Waals surface area contributed by atoms with Crippen LogP contribution in [0.25, 0.3) is 0 Å². The van der Waals surface area contributed by atoms with Crippen LogP contribution in [0.15, 0.2) is 30.7 Å². The molecular formula is C19H24N4O2. The lowest BCUT2D eigenvalue weighted by atomic mass is 10.0. The van der Waals surface area contributed by atoms with E-state index in [1.165, 1.54) is 18.4 Å².